The number of para-hydroxylation sites is 1. The number of phenols is 1. The summed E-state index contributed by atoms with van der Waals surface area (Å²) in [7, 11) is 4.09. The molecule has 3 heterocycles. The lowest BCUT2D eigenvalue weighted by Gasteiger charge is -2.62. The second-order valence-corrected chi connectivity index (χ2v) is 10.3. The number of hydrogen-bond acceptors (Lipinski definition) is 3. The van der Waals surface area contributed by atoms with Gasteiger partial charge in [0.15, 0.2) is 17.6 Å². The summed E-state index contributed by atoms with van der Waals surface area (Å²) in [6, 6.07) is 13.1. The van der Waals surface area contributed by atoms with Gasteiger partial charge in [0.05, 0.1) is 24.2 Å². The summed E-state index contributed by atoms with van der Waals surface area (Å²) in [6.07, 6.45) is 3.92. The molecule has 0 radical (unpaired) electrons. The Hall–Kier alpha value is -2.21. The minimum atomic E-state index is -0.344. The molecular formula is C27H31ClN2O3. The van der Waals surface area contributed by atoms with Crippen LogP contribution in [0.4, 0.5) is 0 Å². The molecule has 7 rings (SSSR count). The minimum Gasteiger partial charge on any atom is -1.00 e. The van der Waals surface area contributed by atoms with Gasteiger partial charge >= 0.3 is 0 Å². The van der Waals surface area contributed by atoms with Gasteiger partial charge in [0, 0.05) is 49.9 Å². The number of fused-ring (bicyclic) bond motifs is 4. The van der Waals surface area contributed by atoms with Crippen LogP contribution in [0.2, 0.25) is 0 Å². The molecule has 5 nitrogen and oxygen atoms in total. The SMILES string of the molecule is CCC[NH+]1CC[C@]23c4c5ccc(O)c4O[C@H]2c2c(c4ccccc4n2C)C[C@@]3(OC)[C@H]1C5.[Cl-]. The first-order valence-electron chi connectivity index (χ1n) is 12.0. The lowest BCUT2D eigenvalue weighted by Crippen LogP contribution is -3.21. The average molecular weight is 467 g/mol. The zero-order chi connectivity index (χ0) is 21.8. The molecule has 0 amide bonds. The number of quaternary nitrogens is 1. The zero-order valence-corrected chi connectivity index (χ0v) is 20.2. The number of aromatic nitrogens is 1. The number of benzene rings is 2. The maximum atomic E-state index is 10.9. The number of hydrogen-bond donors (Lipinski definition) is 2. The standard InChI is InChI=1S/C27H30N2O3.ClH/c1-4-12-29-13-11-26-22-16-9-10-20(30)24(22)32-25(26)23-18(15-27(26,31-3)21(29)14-16)17-7-5-6-8-19(17)28(23)2;/h5-10,21,25,30H,4,11-15H2,1-3H3;1H/t21-,25+,26+,27-;/m1./s1. The van der Waals surface area contributed by atoms with Crippen molar-refractivity contribution in [2.24, 2.45) is 7.05 Å². The second kappa shape index (κ2) is 6.91. The summed E-state index contributed by atoms with van der Waals surface area (Å²) in [6.45, 7) is 4.58. The van der Waals surface area contributed by atoms with Crippen LogP contribution in [0.1, 0.15) is 48.3 Å². The number of methoxy groups -OCH3 is 1. The zero-order valence-electron chi connectivity index (χ0n) is 19.5. The number of rotatable bonds is 3. The highest BCUT2D eigenvalue weighted by Crippen LogP contribution is 2.68. The predicted octanol–water partition coefficient (Wildman–Crippen LogP) is -0.176. The van der Waals surface area contributed by atoms with Crippen LogP contribution < -0.4 is 22.0 Å². The fourth-order valence-electron chi connectivity index (χ4n) is 8.20. The van der Waals surface area contributed by atoms with E-state index in [0.29, 0.717) is 11.8 Å². The van der Waals surface area contributed by atoms with E-state index in [1.165, 1.54) is 46.3 Å². The van der Waals surface area contributed by atoms with Crippen molar-refractivity contribution in [2.75, 3.05) is 20.2 Å². The van der Waals surface area contributed by atoms with Gasteiger partial charge in [0.2, 0.25) is 0 Å². The number of nitrogens with zero attached hydrogens (tertiary/aromatic N) is 1. The van der Waals surface area contributed by atoms with Gasteiger partial charge in [-0.25, -0.2) is 0 Å². The number of nitrogens with one attached hydrogen (secondary N) is 1. The topological polar surface area (TPSA) is 48.1 Å². The quantitative estimate of drug-likeness (QED) is 0.563. The smallest absolute Gasteiger partial charge is 0.166 e. The van der Waals surface area contributed by atoms with Gasteiger partial charge in [-0.15, -0.1) is 0 Å². The summed E-state index contributed by atoms with van der Waals surface area (Å²) in [5.74, 6) is 0.962. The summed E-state index contributed by atoms with van der Waals surface area (Å²) < 4.78 is 15.9. The number of likely N-dealkylation sites (tertiary alicyclic amines) is 1. The molecule has 174 valence electrons. The highest BCUT2D eigenvalue weighted by molar-refractivity contribution is 5.87. The Bertz CT molecular complexity index is 1290. The molecule has 3 aromatic rings. The van der Waals surface area contributed by atoms with Crippen molar-refractivity contribution >= 4 is 10.9 Å². The van der Waals surface area contributed by atoms with E-state index in [0.717, 1.165) is 25.8 Å². The van der Waals surface area contributed by atoms with Gasteiger partial charge in [-0.2, -0.15) is 0 Å². The van der Waals surface area contributed by atoms with Crippen molar-refractivity contribution in [3.63, 3.8) is 0 Å². The van der Waals surface area contributed by atoms with Crippen molar-refractivity contribution in [3.05, 3.63) is 58.8 Å². The third-order valence-corrected chi connectivity index (χ3v) is 9.31. The van der Waals surface area contributed by atoms with E-state index in [1.54, 1.807) is 4.90 Å². The molecule has 33 heavy (non-hydrogen) atoms. The van der Waals surface area contributed by atoms with Gasteiger partial charge in [0.25, 0.3) is 0 Å². The molecule has 0 saturated carbocycles. The highest BCUT2D eigenvalue weighted by Gasteiger charge is 2.75. The van der Waals surface area contributed by atoms with Gasteiger partial charge in [-0.05, 0) is 29.7 Å². The van der Waals surface area contributed by atoms with Crippen molar-refractivity contribution in [3.8, 4) is 11.5 Å². The summed E-state index contributed by atoms with van der Waals surface area (Å²) in [4.78, 5) is 1.66. The van der Waals surface area contributed by atoms with Crippen LogP contribution in [0.5, 0.6) is 11.5 Å². The van der Waals surface area contributed by atoms with E-state index < -0.39 is 0 Å². The monoisotopic (exact) mass is 466 g/mol. The minimum absolute atomic E-state index is 0. The first-order chi connectivity index (χ1) is 15.6. The number of phenolic OH excluding ortho intramolecular Hbond substituents is 1. The van der Waals surface area contributed by atoms with Crippen LogP contribution in [-0.2, 0) is 30.0 Å². The molecule has 2 bridgehead atoms. The van der Waals surface area contributed by atoms with Crippen LogP contribution in [0.25, 0.3) is 10.9 Å². The first kappa shape index (κ1) is 21.3. The fourth-order valence-corrected chi connectivity index (χ4v) is 8.20. The average Bonchev–Trinajstić information content (AvgIpc) is 3.29. The Morgan fingerprint density at radius 1 is 1.24 bits per heavy atom. The fraction of sp³-hybridized carbons (Fsp3) is 0.481. The normalized spacial score (nSPS) is 32.6. The maximum Gasteiger partial charge on any atom is 0.166 e. The lowest BCUT2D eigenvalue weighted by molar-refractivity contribution is -0.942. The van der Waals surface area contributed by atoms with Crippen molar-refractivity contribution < 1.29 is 31.9 Å². The first-order valence-corrected chi connectivity index (χ1v) is 12.0. The highest BCUT2D eigenvalue weighted by atomic mass is 35.5. The van der Waals surface area contributed by atoms with Crippen LogP contribution in [-0.4, -0.2) is 41.5 Å². The summed E-state index contributed by atoms with van der Waals surface area (Å²) >= 11 is 0. The second-order valence-electron chi connectivity index (χ2n) is 10.3. The number of aromatic hydroxyl groups is 1. The third kappa shape index (κ3) is 2.22. The molecule has 2 aliphatic heterocycles. The van der Waals surface area contributed by atoms with Crippen LogP contribution in [0, 0.1) is 0 Å². The van der Waals surface area contributed by atoms with E-state index in [2.05, 4.69) is 48.9 Å². The molecule has 5 atom stereocenters. The predicted molar refractivity (Wildman–Crippen MR) is 123 cm³/mol. The Balaban J connectivity index is 0.00000206. The van der Waals surface area contributed by atoms with E-state index in [4.69, 9.17) is 9.47 Å². The molecule has 4 aliphatic rings. The van der Waals surface area contributed by atoms with Gasteiger partial charge in [-0.1, -0.05) is 31.2 Å². The van der Waals surface area contributed by atoms with Crippen LogP contribution in [0.3, 0.4) is 0 Å². The molecule has 2 aromatic carbocycles. The van der Waals surface area contributed by atoms with Crippen molar-refractivity contribution in [1.82, 2.24) is 4.57 Å². The van der Waals surface area contributed by atoms with E-state index >= 15 is 0 Å². The van der Waals surface area contributed by atoms with Crippen LogP contribution in [0.15, 0.2) is 36.4 Å². The van der Waals surface area contributed by atoms with Crippen molar-refractivity contribution in [1.29, 1.82) is 0 Å². The van der Waals surface area contributed by atoms with E-state index in [9.17, 15) is 5.11 Å². The summed E-state index contributed by atoms with van der Waals surface area (Å²) in [5.41, 5.74) is 5.84. The van der Waals surface area contributed by atoms with E-state index in [1.807, 2.05) is 13.2 Å². The van der Waals surface area contributed by atoms with Gasteiger partial charge < -0.3 is 36.5 Å². The molecular weight excluding hydrogens is 436 g/mol. The molecule has 1 spiro atoms. The Kier molecular flexibility index (Phi) is 4.46. The number of ether oxygens (including phenoxy) is 2. The third-order valence-electron chi connectivity index (χ3n) is 9.31. The molecule has 2 N–H and O–H groups in total. The molecule has 1 fully saturated rings. The largest absolute Gasteiger partial charge is 1.00 e. The number of halogens is 1. The molecule has 1 aromatic heterocycles. The van der Waals surface area contributed by atoms with E-state index in [-0.39, 0.29) is 35.3 Å². The van der Waals surface area contributed by atoms with Gasteiger partial charge in [-0.3, -0.25) is 0 Å². The van der Waals surface area contributed by atoms with Crippen LogP contribution >= 0.6 is 0 Å². The summed E-state index contributed by atoms with van der Waals surface area (Å²) in [5, 5.41) is 12.2. The Morgan fingerprint density at radius 2 is 2.06 bits per heavy atom. The van der Waals surface area contributed by atoms with Gasteiger partial charge in [0.1, 0.15) is 11.6 Å². The molecule has 6 heteroatoms. The Morgan fingerprint density at radius 3 is 2.85 bits per heavy atom. The van der Waals surface area contributed by atoms with Crippen molar-refractivity contribution in [2.45, 2.75) is 55.8 Å². The molecule has 1 saturated heterocycles. The number of aryl methyl sites for hydroxylation is 1. The molecule has 2 aliphatic carbocycles. The maximum absolute atomic E-state index is 10.9. The molecule has 1 unspecified atom stereocenters. The number of piperidine rings is 1. The Labute approximate surface area is 200 Å². The lowest BCUT2D eigenvalue weighted by atomic mass is 9.48.